The van der Waals surface area contributed by atoms with Gasteiger partial charge in [0.1, 0.15) is 11.8 Å². The fraction of sp³-hybridized carbons (Fsp3) is 0.615. The first-order valence-electron chi connectivity index (χ1n) is 6.33. The molecule has 0 fully saturated rings. The third kappa shape index (κ3) is 4.39. The van der Waals surface area contributed by atoms with Crippen LogP contribution in [0.15, 0.2) is 4.52 Å². The summed E-state index contributed by atoms with van der Waals surface area (Å²) >= 11 is 0. The maximum Gasteiger partial charge on any atom is 0.328 e. The molecule has 1 N–H and O–H groups in total. The molecule has 6 nitrogen and oxygen atoms in total. The molecule has 0 saturated carbocycles. The average molecular weight is 268 g/mol. The summed E-state index contributed by atoms with van der Waals surface area (Å²) in [7, 11) is 0. The van der Waals surface area contributed by atoms with Gasteiger partial charge in [0.15, 0.2) is 0 Å². The summed E-state index contributed by atoms with van der Waals surface area (Å²) in [6.45, 7) is 7.28. The van der Waals surface area contributed by atoms with E-state index in [1.807, 2.05) is 13.8 Å². The Morgan fingerprint density at radius 1 is 1.42 bits per heavy atom. The maximum atomic E-state index is 11.7. The number of carbonyl (C=O) groups is 2. The van der Waals surface area contributed by atoms with E-state index in [0.29, 0.717) is 13.0 Å². The Balaban J connectivity index is 2.42. The Bertz CT molecular complexity index is 434. The molecular formula is C13H20N2O4. The number of nitrogens with zero attached hydrogens (tertiary/aromatic N) is 1. The minimum atomic E-state index is -0.628. The van der Waals surface area contributed by atoms with Gasteiger partial charge in [-0.2, -0.15) is 0 Å². The molecule has 6 heteroatoms. The van der Waals surface area contributed by atoms with Gasteiger partial charge in [0.05, 0.1) is 12.3 Å². The number of aromatic nitrogens is 1. The molecule has 0 aromatic carbocycles. The SMILES string of the molecule is CCOC(=O)C(C)NC(=O)CCc1c(C)noc1C. The van der Waals surface area contributed by atoms with Crippen LogP contribution in [0.4, 0.5) is 0 Å². The lowest BCUT2D eigenvalue weighted by Gasteiger charge is -2.12. The Kier molecular flexibility index (Phi) is 5.54. The number of ether oxygens (including phenoxy) is 1. The molecule has 106 valence electrons. The van der Waals surface area contributed by atoms with Crippen LogP contribution in [0.1, 0.15) is 37.3 Å². The van der Waals surface area contributed by atoms with Gasteiger partial charge in [0.2, 0.25) is 5.91 Å². The van der Waals surface area contributed by atoms with Gasteiger partial charge in [-0.25, -0.2) is 4.79 Å². The van der Waals surface area contributed by atoms with Crippen molar-refractivity contribution in [2.24, 2.45) is 0 Å². The lowest BCUT2D eigenvalue weighted by Crippen LogP contribution is -2.39. The molecule has 0 bridgehead atoms. The van der Waals surface area contributed by atoms with E-state index < -0.39 is 12.0 Å². The fourth-order valence-corrected chi connectivity index (χ4v) is 1.74. The van der Waals surface area contributed by atoms with Crippen LogP contribution in [0.25, 0.3) is 0 Å². The summed E-state index contributed by atoms with van der Waals surface area (Å²) in [5.41, 5.74) is 1.74. The van der Waals surface area contributed by atoms with Crippen molar-refractivity contribution in [3.05, 3.63) is 17.0 Å². The first-order valence-corrected chi connectivity index (χ1v) is 6.33. The summed E-state index contributed by atoms with van der Waals surface area (Å²) in [5.74, 6) is 0.109. The number of nitrogens with one attached hydrogen (secondary N) is 1. The highest BCUT2D eigenvalue weighted by Crippen LogP contribution is 2.14. The van der Waals surface area contributed by atoms with Crippen molar-refractivity contribution >= 4 is 11.9 Å². The van der Waals surface area contributed by atoms with E-state index in [-0.39, 0.29) is 12.3 Å². The van der Waals surface area contributed by atoms with Gasteiger partial charge >= 0.3 is 5.97 Å². The second-order valence-electron chi connectivity index (χ2n) is 4.34. The van der Waals surface area contributed by atoms with Gasteiger partial charge in [-0.05, 0) is 34.1 Å². The van der Waals surface area contributed by atoms with Crippen LogP contribution < -0.4 is 5.32 Å². The van der Waals surface area contributed by atoms with Crippen LogP contribution in [0, 0.1) is 13.8 Å². The van der Waals surface area contributed by atoms with Gasteiger partial charge in [-0.1, -0.05) is 5.16 Å². The monoisotopic (exact) mass is 268 g/mol. The molecule has 0 saturated heterocycles. The zero-order valence-corrected chi connectivity index (χ0v) is 11.8. The number of aryl methyl sites for hydroxylation is 2. The van der Waals surface area contributed by atoms with Crippen LogP contribution in [-0.4, -0.2) is 29.7 Å². The zero-order chi connectivity index (χ0) is 14.4. The van der Waals surface area contributed by atoms with Crippen molar-refractivity contribution in [3.63, 3.8) is 0 Å². The first kappa shape index (κ1) is 15.2. The molecule has 1 rings (SSSR count). The van der Waals surface area contributed by atoms with Crippen molar-refractivity contribution in [1.82, 2.24) is 10.5 Å². The van der Waals surface area contributed by atoms with E-state index in [1.165, 1.54) is 0 Å². The number of rotatable bonds is 6. The summed E-state index contributed by atoms with van der Waals surface area (Å²) in [5, 5.41) is 6.43. The molecule has 0 aliphatic heterocycles. The molecule has 1 amide bonds. The maximum absolute atomic E-state index is 11.7. The molecule has 1 unspecified atom stereocenters. The lowest BCUT2D eigenvalue weighted by atomic mass is 10.1. The highest BCUT2D eigenvalue weighted by atomic mass is 16.5. The topological polar surface area (TPSA) is 81.4 Å². The van der Waals surface area contributed by atoms with E-state index in [1.54, 1.807) is 13.8 Å². The standard InChI is InChI=1S/C13H20N2O4/c1-5-18-13(17)9(3)14-12(16)7-6-11-8(2)15-19-10(11)4/h9H,5-7H2,1-4H3,(H,14,16). The first-order chi connectivity index (χ1) is 8.95. The third-order valence-electron chi connectivity index (χ3n) is 2.80. The molecule has 1 atom stereocenters. The zero-order valence-electron chi connectivity index (χ0n) is 11.8. The van der Waals surface area contributed by atoms with E-state index in [2.05, 4.69) is 10.5 Å². The lowest BCUT2D eigenvalue weighted by molar-refractivity contribution is -0.146. The van der Waals surface area contributed by atoms with Gasteiger partial charge in [-0.15, -0.1) is 0 Å². The molecule has 0 aliphatic carbocycles. The largest absolute Gasteiger partial charge is 0.464 e. The molecule has 1 aromatic rings. The Morgan fingerprint density at radius 2 is 2.11 bits per heavy atom. The second kappa shape index (κ2) is 6.92. The molecule has 19 heavy (non-hydrogen) atoms. The molecule has 0 radical (unpaired) electrons. The van der Waals surface area contributed by atoms with Crippen LogP contribution in [0.2, 0.25) is 0 Å². The minimum Gasteiger partial charge on any atom is -0.464 e. The summed E-state index contributed by atoms with van der Waals surface area (Å²) in [6, 6.07) is -0.628. The van der Waals surface area contributed by atoms with Gasteiger partial charge in [0.25, 0.3) is 0 Å². The van der Waals surface area contributed by atoms with Crippen LogP contribution in [0.3, 0.4) is 0 Å². The van der Waals surface area contributed by atoms with Crippen molar-refractivity contribution in [1.29, 1.82) is 0 Å². The normalized spacial score (nSPS) is 12.0. The van der Waals surface area contributed by atoms with Gasteiger partial charge in [0, 0.05) is 12.0 Å². The number of hydrogen-bond acceptors (Lipinski definition) is 5. The molecule has 0 spiro atoms. The Hall–Kier alpha value is -1.85. The summed E-state index contributed by atoms with van der Waals surface area (Å²) < 4.78 is 9.84. The van der Waals surface area contributed by atoms with Crippen LogP contribution in [0.5, 0.6) is 0 Å². The predicted molar refractivity (Wildman–Crippen MR) is 68.5 cm³/mol. The van der Waals surface area contributed by atoms with Gasteiger partial charge < -0.3 is 14.6 Å². The molecule has 1 heterocycles. The fourth-order valence-electron chi connectivity index (χ4n) is 1.74. The number of amides is 1. The minimum absolute atomic E-state index is 0.194. The van der Waals surface area contributed by atoms with Crippen molar-refractivity contribution in [2.75, 3.05) is 6.61 Å². The quantitative estimate of drug-likeness (QED) is 0.786. The van der Waals surface area contributed by atoms with E-state index in [0.717, 1.165) is 17.0 Å². The van der Waals surface area contributed by atoms with Crippen LogP contribution in [-0.2, 0) is 20.7 Å². The molecular weight excluding hydrogens is 248 g/mol. The average Bonchev–Trinajstić information content (AvgIpc) is 2.67. The molecule has 1 aromatic heterocycles. The van der Waals surface area contributed by atoms with Crippen molar-refractivity contribution in [3.8, 4) is 0 Å². The van der Waals surface area contributed by atoms with Crippen LogP contribution >= 0.6 is 0 Å². The Labute approximate surface area is 112 Å². The van der Waals surface area contributed by atoms with Gasteiger partial charge in [-0.3, -0.25) is 4.79 Å². The number of carbonyl (C=O) groups excluding carboxylic acids is 2. The van der Waals surface area contributed by atoms with E-state index >= 15 is 0 Å². The summed E-state index contributed by atoms with van der Waals surface area (Å²) in [4.78, 5) is 23.1. The highest BCUT2D eigenvalue weighted by molar-refractivity contribution is 5.84. The number of hydrogen-bond donors (Lipinski definition) is 1. The predicted octanol–water partition coefficient (Wildman–Crippen LogP) is 1.29. The summed E-state index contributed by atoms with van der Waals surface area (Å²) in [6.07, 6.45) is 0.829. The number of esters is 1. The smallest absolute Gasteiger partial charge is 0.328 e. The van der Waals surface area contributed by atoms with Crippen molar-refractivity contribution in [2.45, 2.75) is 46.6 Å². The Morgan fingerprint density at radius 3 is 2.63 bits per heavy atom. The highest BCUT2D eigenvalue weighted by Gasteiger charge is 2.17. The van der Waals surface area contributed by atoms with Crippen molar-refractivity contribution < 1.29 is 18.8 Å². The third-order valence-corrected chi connectivity index (χ3v) is 2.80. The van der Waals surface area contributed by atoms with E-state index in [4.69, 9.17) is 9.26 Å². The van der Waals surface area contributed by atoms with E-state index in [9.17, 15) is 9.59 Å². The second-order valence-corrected chi connectivity index (χ2v) is 4.34. The molecule has 0 aliphatic rings.